The molecular formula is C24H38N4O3. The molecular weight excluding hydrogens is 392 g/mol. The lowest BCUT2D eigenvalue weighted by atomic mass is 10.1. The summed E-state index contributed by atoms with van der Waals surface area (Å²) in [6.45, 7) is 9.06. The van der Waals surface area contributed by atoms with Crippen molar-refractivity contribution >= 4 is 11.8 Å². The zero-order chi connectivity index (χ0) is 22.4. The molecule has 0 bridgehead atoms. The van der Waals surface area contributed by atoms with Crippen LogP contribution in [0.15, 0.2) is 24.3 Å². The number of nitrogens with zero attached hydrogens (tertiary/aromatic N) is 2. The van der Waals surface area contributed by atoms with E-state index in [1.54, 1.807) is 7.11 Å². The summed E-state index contributed by atoms with van der Waals surface area (Å²) >= 11 is 0. The number of benzene rings is 1. The molecule has 0 aromatic heterocycles. The van der Waals surface area contributed by atoms with Crippen LogP contribution in [0.25, 0.3) is 0 Å². The number of carbonyl (C=O) groups is 2. The highest BCUT2D eigenvalue weighted by molar-refractivity contribution is 5.82. The van der Waals surface area contributed by atoms with Gasteiger partial charge in [0.15, 0.2) is 0 Å². The van der Waals surface area contributed by atoms with Gasteiger partial charge >= 0.3 is 0 Å². The Morgan fingerprint density at radius 3 is 2.06 bits per heavy atom. The van der Waals surface area contributed by atoms with Gasteiger partial charge in [0.25, 0.3) is 0 Å². The molecule has 0 radical (unpaired) electrons. The van der Waals surface area contributed by atoms with Gasteiger partial charge in [0.2, 0.25) is 11.8 Å². The topological polar surface area (TPSA) is 73.9 Å². The van der Waals surface area contributed by atoms with Crippen molar-refractivity contribution < 1.29 is 14.3 Å². The van der Waals surface area contributed by atoms with Crippen LogP contribution in [0.2, 0.25) is 0 Å². The third-order valence-electron chi connectivity index (χ3n) is 6.87. The molecule has 2 amide bonds. The summed E-state index contributed by atoms with van der Waals surface area (Å²) < 4.78 is 5.42. The first-order valence-corrected chi connectivity index (χ1v) is 11.6. The van der Waals surface area contributed by atoms with Crippen molar-refractivity contribution in [1.82, 2.24) is 20.4 Å². The fraction of sp³-hybridized carbons (Fsp3) is 0.667. The Bertz CT molecular complexity index is 742. The van der Waals surface area contributed by atoms with Crippen LogP contribution in [0.4, 0.5) is 0 Å². The summed E-state index contributed by atoms with van der Waals surface area (Å²) in [4.78, 5) is 29.9. The minimum Gasteiger partial charge on any atom is -0.496 e. The van der Waals surface area contributed by atoms with Crippen molar-refractivity contribution in [2.45, 2.75) is 70.6 Å². The molecule has 2 fully saturated rings. The molecule has 7 nitrogen and oxygen atoms in total. The second kappa shape index (κ2) is 11.0. The van der Waals surface area contributed by atoms with E-state index in [0.29, 0.717) is 6.04 Å². The third-order valence-corrected chi connectivity index (χ3v) is 6.87. The van der Waals surface area contributed by atoms with E-state index in [1.807, 2.05) is 45.0 Å². The van der Waals surface area contributed by atoms with Crippen molar-refractivity contribution in [1.29, 1.82) is 0 Å². The fourth-order valence-electron chi connectivity index (χ4n) is 4.67. The van der Waals surface area contributed by atoms with Crippen LogP contribution in [-0.4, -0.2) is 73.0 Å². The third kappa shape index (κ3) is 5.98. The van der Waals surface area contributed by atoms with Gasteiger partial charge < -0.3 is 15.4 Å². The lowest BCUT2D eigenvalue weighted by Crippen LogP contribution is -2.58. The number of hydrogen-bond donors (Lipinski definition) is 2. The van der Waals surface area contributed by atoms with Crippen LogP contribution in [0, 0.1) is 0 Å². The van der Waals surface area contributed by atoms with Crippen molar-refractivity contribution in [3.8, 4) is 5.75 Å². The molecule has 1 aliphatic carbocycles. The quantitative estimate of drug-likeness (QED) is 0.662. The summed E-state index contributed by atoms with van der Waals surface area (Å²) in [5, 5.41) is 6.33. The van der Waals surface area contributed by atoms with Gasteiger partial charge in [0, 0.05) is 37.8 Å². The van der Waals surface area contributed by atoms with Gasteiger partial charge in [-0.15, -0.1) is 0 Å². The van der Waals surface area contributed by atoms with Gasteiger partial charge in [-0.3, -0.25) is 19.4 Å². The zero-order valence-corrected chi connectivity index (χ0v) is 19.4. The zero-order valence-electron chi connectivity index (χ0n) is 19.4. The van der Waals surface area contributed by atoms with Crippen LogP contribution in [-0.2, 0) is 9.59 Å². The number of para-hydroxylation sites is 1. The highest BCUT2D eigenvalue weighted by atomic mass is 16.5. The Morgan fingerprint density at radius 1 is 0.935 bits per heavy atom. The smallest absolute Gasteiger partial charge is 0.237 e. The van der Waals surface area contributed by atoms with E-state index < -0.39 is 0 Å². The van der Waals surface area contributed by atoms with Gasteiger partial charge in [-0.2, -0.15) is 0 Å². The van der Waals surface area contributed by atoms with Crippen molar-refractivity contribution in [3.63, 3.8) is 0 Å². The molecule has 31 heavy (non-hydrogen) atoms. The number of amides is 2. The largest absolute Gasteiger partial charge is 0.496 e. The van der Waals surface area contributed by atoms with Gasteiger partial charge in [-0.1, -0.05) is 31.0 Å². The van der Waals surface area contributed by atoms with Crippen LogP contribution < -0.4 is 15.4 Å². The Kier molecular flexibility index (Phi) is 8.32. The van der Waals surface area contributed by atoms with E-state index in [-0.39, 0.29) is 29.9 Å². The highest BCUT2D eigenvalue weighted by Gasteiger charge is 2.31. The van der Waals surface area contributed by atoms with Crippen LogP contribution in [0.3, 0.4) is 0 Å². The number of methoxy groups -OCH3 is 1. The summed E-state index contributed by atoms with van der Waals surface area (Å²) in [5.41, 5.74) is 0.970. The maximum atomic E-state index is 12.9. The first kappa shape index (κ1) is 23.5. The van der Waals surface area contributed by atoms with Crippen LogP contribution in [0.5, 0.6) is 5.75 Å². The van der Waals surface area contributed by atoms with Gasteiger partial charge in [0.05, 0.1) is 25.2 Å². The second-order valence-corrected chi connectivity index (χ2v) is 8.89. The molecule has 1 saturated heterocycles. The lowest BCUT2D eigenvalue weighted by Gasteiger charge is -2.40. The Labute approximate surface area is 186 Å². The molecule has 172 valence electrons. The number of piperazine rings is 1. The van der Waals surface area contributed by atoms with Gasteiger partial charge in [-0.25, -0.2) is 0 Å². The molecule has 3 unspecified atom stereocenters. The monoisotopic (exact) mass is 430 g/mol. The summed E-state index contributed by atoms with van der Waals surface area (Å²) in [6.07, 6.45) is 4.64. The lowest BCUT2D eigenvalue weighted by molar-refractivity contribution is -0.130. The predicted octanol–water partition coefficient (Wildman–Crippen LogP) is 2.33. The van der Waals surface area contributed by atoms with E-state index in [4.69, 9.17) is 4.74 Å². The Hall–Kier alpha value is -2.12. The van der Waals surface area contributed by atoms with Crippen molar-refractivity contribution in [2.75, 3.05) is 33.3 Å². The minimum absolute atomic E-state index is 0.0129. The first-order chi connectivity index (χ1) is 14.9. The summed E-state index contributed by atoms with van der Waals surface area (Å²) in [5.74, 6) is 0.928. The molecule has 3 atom stereocenters. The number of carbonyl (C=O) groups excluding carboxylic acids is 2. The van der Waals surface area contributed by atoms with Crippen LogP contribution in [0.1, 0.15) is 58.1 Å². The molecule has 1 aliphatic heterocycles. The van der Waals surface area contributed by atoms with E-state index in [9.17, 15) is 9.59 Å². The molecule has 1 aromatic carbocycles. The fourth-order valence-corrected chi connectivity index (χ4v) is 4.67. The van der Waals surface area contributed by atoms with E-state index >= 15 is 0 Å². The summed E-state index contributed by atoms with van der Waals surface area (Å²) in [6, 6.07) is 7.63. The predicted molar refractivity (Wildman–Crippen MR) is 122 cm³/mol. The average molecular weight is 431 g/mol. The maximum Gasteiger partial charge on any atom is 0.237 e. The molecule has 2 N–H and O–H groups in total. The molecule has 3 rings (SSSR count). The van der Waals surface area contributed by atoms with E-state index in [0.717, 1.165) is 50.3 Å². The molecule has 0 spiro atoms. The van der Waals surface area contributed by atoms with E-state index in [2.05, 4.69) is 20.4 Å². The molecule has 1 heterocycles. The number of ether oxygens (including phenoxy) is 1. The highest BCUT2D eigenvalue weighted by Crippen LogP contribution is 2.24. The Balaban J connectivity index is 1.47. The average Bonchev–Trinajstić information content (AvgIpc) is 3.31. The SMILES string of the molecule is COc1ccccc1C(C)NC(=O)C(C)N1CCN(C(C)C(=O)NC2CCCC2)CC1. The minimum atomic E-state index is -0.220. The summed E-state index contributed by atoms with van der Waals surface area (Å²) in [7, 11) is 1.64. The van der Waals surface area contributed by atoms with Gasteiger partial charge in [0.1, 0.15) is 5.75 Å². The van der Waals surface area contributed by atoms with E-state index in [1.165, 1.54) is 12.8 Å². The van der Waals surface area contributed by atoms with Crippen molar-refractivity contribution in [2.24, 2.45) is 0 Å². The molecule has 1 saturated carbocycles. The number of hydrogen-bond acceptors (Lipinski definition) is 5. The molecule has 7 heteroatoms. The number of rotatable bonds is 8. The first-order valence-electron chi connectivity index (χ1n) is 11.6. The second-order valence-electron chi connectivity index (χ2n) is 8.89. The van der Waals surface area contributed by atoms with Crippen molar-refractivity contribution in [3.05, 3.63) is 29.8 Å². The molecule has 1 aromatic rings. The maximum absolute atomic E-state index is 12.9. The van der Waals surface area contributed by atoms with Crippen LogP contribution >= 0.6 is 0 Å². The normalized spacial score (nSPS) is 21.3. The number of nitrogens with one attached hydrogen (secondary N) is 2. The van der Waals surface area contributed by atoms with Gasteiger partial charge in [-0.05, 0) is 39.7 Å². The Morgan fingerprint density at radius 2 is 1.48 bits per heavy atom. The standard InChI is InChI=1S/C24H38N4O3/c1-17(21-11-7-8-12-22(21)31-4)25-23(29)18(2)27-13-15-28(16-14-27)19(3)24(30)26-20-9-5-6-10-20/h7-8,11-12,17-20H,5-6,9-10,13-16H2,1-4H3,(H,25,29)(H,26,30). The molecule has 2 aliphatic rings.